The highest BCUT2D eigenvalue weighted by Crippen LogP contribution is 2.22. The van der Waals surface area contributed by atoms with Crippen LogP contribution in [0.1, 0.15) is 25.3 Å². The molecule has 1 fully saturated rings. The Balaban J connectivity index is 1.90. The van der Waals surface area contributed by atoms with E-state index in [2.05, 4.69) is 0 Å². The van der Waals surface area contributed by atoms with Crippen LogP contribution in [-0.4, -0.2) is 45.8 Å². The molecule has 1 saturated heterocycles. The number of amides is 1. The van der Waals surface area contributed by atoms with Gasteiger partial charge < -0.3 is 15.1 Å². The van der Waals surface area contributed by atoms with Gasteiger partial charge in [-0.05, 0) is 31.4 Å². The molecule has 2 rings (SSSR count). The fourth-order valence-corrected chi connectivity index (χ4v) is 2.38. The number of carbonyl (C=O) groups excluding carboxylic acids is 1. The second-order valence-electron chi connectivity index (χ2n) is 5.70. The third kappa shape index (κ3) is 3.77. The maximum Gasteiger partial charge on any atom is 0.222 e. The van der Waals surface area contributed by atoms with Crippen molar-refractivity contribution in [2.45, 2.75) is 37.9 Å². The Morgan fingerprint density at radius 3 is 2.81 bits per heavy atom. The Bertz CT molecular complexity index is 534. The predicted octanol–water partition coefficient (Wildman–Crippen LogP) is 1.24. The largest absolute Gasteiger partial charge is 0.388 e. The molecular formula is C15H19F2NO3. The zero-order valence-electron chi connectivity index (χ0n) is 11.9. The Morgan fingerprint density at radius 1 is 1.48 bits per heavy atom. The van der Waals surface area contributed by atoms with E-state index in [4.69, 9.17) is 0 Å². The smallest absolute Gasteiger partial charge is 0.222 e. The molecule has 21 heavy (non-hydrogen) atoms. The van der Waals surface area contributed by atoms with Gasteiger partial charge in [0.25, 0.3) is 0 Å². The van der Waals surface area contributed by atoms with Gasteiger partial charge in [-0.25, -0.2) is 8.78 Å². The molecule has 1 amide bonds. The number of aliphatic hydroxyl groups excluding tert-OH is 1. The minimum atomic E-state index is -1.18. The van der Waals surface area contributed by atoms with E-state index < -0.39 is 23.3 Å². The van der Waals surface area contributed by atoms with Crippen molar-refractivity contribution in [3.63, 3.8) is 0 Å². The van der Waals surface area contributed by atoms with Crippen molar-refractivity contribution in [3.05, 3.63) is 35.4 Å². The van der Waals surface area contributed by atoms with E-state index in [9.17, 15) is 23.8 Å². The fourth-order valence-electron chi connectivity index (χ4n) is 2.38. The number of piperidine rings is 1. The van der Waals surface area contributed by atoms with Crippen molar-refractivity contribution in [2.24, 2.45) is 0 Å². The second kappa shape index (κ2) is 6.07. The molecule has 0 aromatic heterocycles. The van der Waals surface area contributed by atoms with E-state index in [0.717, 1.165) is 12.1 Å². The normalized spacial score (nSPS) is 26.0. The average Bonchev–Trinajstić information content (AvgIpc) is 2.40. The van der Waals surface area contributed by atoms with Crippen LogP contribution in [0.25, 0.3) is 0 Å². The van der Waals surface area contributed by atoms with Crippen molar-refractivity contribution in [1.82, 2.24) is 4.90 Å². The number of β-amino-alcohol motifs (C(OH)–C–C–N with tert-alkyl or cyclic N) is 1. The fraction of sp³-hybridized carbons (Fsp3) is 0.533. The lowest BCUT2D eigenvalue weighted by Gasteiger charge is -2.40. The third-order valence-corrected chi connectivity index (χ3v) is 3.98. The maximum absolute atomic E-state index is 13.5. The number of carbonyl (C=O) groups is 1. The van der Waals surface area contributed by atoms with Crippen LogP contribution in [0.15, 0.2) is 18.2 Å². The Labute approximate surface area is 122 Å². The van der Waals surface area contributed by atoms with Gasteiger partial charge in [-0.2, -0.15) is 0 Å². The van der Waals surface area contributed by atoms with E-state index in [0.29, 0.717) is 13.0 Å². The van der Waals surface area contributed by atoms with E-state index in [1.807, 2.05) is 0 Å². The Hall–Kier alpha value is -1.53. The number of hydrogen-bond donors (Lipinski definition) is 2. The van der Waals surface area contributed by atoms with E-state index in [-0.39, 0.29) is 30.9 Å². The van der Waals surface area contributed by atoms with Gasteiger partial charge in [0.05, 0.1) is 11.7 Å². The highest BCUT2D eigenvalue weighted by molar-refractivity contribution is 5.76. The van der Waals surface area contributed by atoms with Crippen LogP contribution in [0.4, 0.5) is 8.78 Å². The first-order chi connectivity index (χ1) is 9.79. The number of aryl methyl sites for hydroxylation is 1. The number of nitrogens with zero attached hydrogens (tertiary/aromatic N) is 1. The SMILES string of the molecule is C[C@@]1(O)CCN(C(=O)CCc2ccc(F)cc2F)C[C@H]1O. The summed E-state index contributed by atoms with van der Waals surface area (Å²) < 4.78 is 26.3. The zero-order valence-corrected chi connectivity index (χ0v) is 11.9. The van der Waals surface area contributed by atoms with Crippen molar-refractivity contribution >= 4 is 5.91 Å². The molecule has 2 N–H and O–H groups in total. The number of aliphatic hydroxyl groups is 2. The lowest BCUT2D eigenvalue weighted by atomic mass is 9.90. The lowest BCUT2D eigenvalue weighted by Crippen LogP contribution is -2.55. The van der Waals surface area contributed by atoms with Crippen LogP contribution < -0.4 is 0 Å². The van der Waals surface area contributed by atoms with E-state index >= 15 is 0 Å². The molecule has 0 radical (unpaired) electrons. The molecule has 1 aliphatic heterocycles. The number of benzene rings is 1. The quantitative estimate of drug-likeness (QED) is 0.883. The van der Waals surface area contributed by atoms with Crippen LogP contribution in [0.3, 0.4) is 0 Å². The van der Waals surface area contributed by atoms with Gasteiger partial charge in [0.2, 0.25) is 5.91 Å². The molecule has 1 aromatic carbocycles. The highest BCUT2D eigenvalue weighted by atomic mass is 19.1. The summed E-state index contributed by atoms with van der Waals surface area (Å²) in [4.78, 5) is 13.5. The molecule has 0 unspecified atom stereocenters. The first-order valence-corrected chi connectivity index (χ1v) is 6.92. The summed E-state index contributed by atoms with van der Waals surface area (Å²) in [5.74, 6) is -1.53. The van der Waals surface area contributed by atoms with Crippen LogP contribution >= 0.6 is 0 Å². The van der Waals surface area contributed by atoms with Crippen molar-refractivity contribution in [1.29, 1.82) is 0 Å². The molecule has 1 heterocycles. The minimum absolute atomic E-state index is 0.0672. The van der Waals surface area contributed by atoms with Gasteiger partial charge in [0, 0.05) is 25.6 Å². The van der Waals surface area contributed by atoms with Gasteiger partial charge >= 0.3 is 0 Å². The van der Waals surface area contributed by atoms with Crippen LogP contribution in [0, 0.1) is 11.6 Å². The molecule has 0 aliphatic carbocycles. The maximum atomic E-state index is 13.5. The standard InChI is InChI=1S/C15H19F2NO3/c1-15(21)6-7-18(9-13(15)19)14(20)5-3-10-2-4-11(16)8-12(10)17/h2,4,8,13,19,21H,3,5-7,9H2,1H3/t13-,15-/m1/s1. The van der Waals surface area contributed by atoms with Gasteiger partial charge in [-0.1, -0.05) is 6.07 Å². The summed E-state index contributed by atoms with van der Waals surface area (Å²) in [6.45, 7) is 1.96. The summed E-state index contributed by atoms with van der Waals surface area (Å²) >= 11 is 0. The molecular weight excluding hydrogens is 280 g/mol. The second-order valence-corrected chi connectivity index (χ2v) is 5.70. The first kappa shape index (κ1) is 15.9. The summed E-state index contributed by atoms with van der Waals surface area (Å²) in [5.41, 5.74) is -0.894. The van der Waals surface area contributed by atoms with Gasteiger partial charge in [0.1, 0.15) is 11.6 Å². The molecule has 0 saturated carbocycles. The summed E-state index contributed by atoms with van der Waals surface area (Å²) in [6.07, 6.45) is -0.436. The minimum Gasteiger partial charge on any atom is -0.388 e. The van der Waals surface area contributed by atoms with Crippen molar-refractivity contribution in [3.8, 4) is 0 Å². The number of likely N-dealkylation sites (tertiary alicyclic amines) is 1. The Kier molecular flexibility index (Phi) is 4.58. The number of hydrogen-bond acceptors (Lipinski definition) is 3. The van der Waals surface area contributed by atoms with Gasteiger partial charge in [-0.15, -0.1) is 0 Å². The first-order valence-electron chi connectivity index (χ1n) is 6.92. The van der Waals surface area contributed by atoms with Crippen molar-refractivity contribution in [2.75, 3.05) is 13.1 Å². The summed E-state index contributed by atoms with van der Waals surface area (Å²) in [7, 11) is 0. The highest BCUT2D eigenvalue weighted by Gasteiger charge is 2.37. The van der Waals surface area contributed by atoms with Gasteiger partial charge in [-0.3, -0.25) is 4.79 Å². The van der Waals surface area contributed by atoms with Gasteiger partial charge in [0.15, 0.2) is 0 Å². The predicted molar refractivity (Wildman–Crippen MR) is 72.5 cm³/mol. The number of rotatable bonds is 3. The molecule has 0 spiro atoms. The zero-order chi connectivity index (χ0) is 15.6. The third-order valence-electron chi connectivity index (χ3n) is 3.98. The number of halogens is 2. The molecule has 116 valence electrons. The summed E-state index contributed by atoms with van der Waals surface area (Å²) in [5, 5.41) is 19.6. The topological polar surface area (TPSA) is 60.8 Å². The monoisotopic (exact) mass is 299 g/mol. The average molecular weight is 299 g/mol. The molecule has 4 nitrogen and oxygen atoms in total. The molecule has 2 atom stereocenters. The molecule has 6 heteroatoms. The molecule has 1 aliphatic rings. The van der Waals surface area contributed by atoms with Crippen molar-refractivity contribution < 1.29 is 23.8 Å². The van der Waals surface area contributed by atoms with Crippen LogP contribution in [0.5, 0.6) is 0 Å². The van der Waals surface area contributed by atoms with E-state index in [1.54, 1.807) is 0 Å². The summed E-state index contributed by atoms with van der Waals surface area (Å²) in [6, 6.07) is 3.28. The molecule has 0 bridgehead atoms. The van der Waals surface area contributed by atoms with Crippen LogP contribution in [-0.2, 0) is 11.2 Å². The molecule has 1 aromatic rings. The Morgan fingerprint density at radius 2 is 2.19 bits per heavy atom. The lowest BCUT2D eigenvalue weighted by molar-refractivity contribution is -0.146. The van der Waals surface area contributed by atoms with Crippen LogP contribution in [0.2, 0.25) is 0 Å². The van der Waals surface area contributed by atoms with E-state index in [1.165, 1.54) is 17.9 Å².